The molecule has 1 saturated carbocycles. The third-order valence-corrected chi connectivity index (χ3v) is 3.56. The Labute approximate surface area is 107 Å². The van der Waals surface area contributed by atoms with Gasteiger partial charge in [-0.1, -0.05) is 26.0 Å². The van der Waals surface area contributed by atoms with Crippen LogP contribution in [-0.2, 0) is 11.2 Å². The van der Waals surface area contributed by atoms with E-state index in [1.54, 1.807) is 24.3 Å². The lowest BCUT2D eigenvalue weighted by Crippen LogP contribution is -2.43. The highest BCUT2D eigenvalue weighted by Crippen LogP contribution is 2.44. The van der Waals surface area contributed by atoms with Crippen LogP contribution in [0.25, 0.3) is 0 Å². The average Bonchev–Trinajstić information content (AvgIpc) is 2.89. The standard InChI is InChI=1S/C14H20N2O2/c1-14(2)8-12(14)16-13(18)11(15)7-9-3-5-10(17)6-4-9/h3-6,11-12,17H,7-8,15H2,1-2H3,(H,16,18)/t11-,12?/m0/s1. The molecule has 1 aliphatic rings. The highest BCUT2D eigenvalue weighted by atomic mass is 16.3. The van der Waals surface area contributed by atoms with Crippen LogP contribution in [0.5, 0.6) is 5.75 Å². The van der Waals surface area contributed by atoms with E-state index >= 15 is 0 Å². The molecule has 0 spiro atoms. The number of nitrogens with one attached hydrogen (secondary N) is 1. The maximum Gasteiger partial charge on any atom is 0.237 e. The minimum atomic E-state index is -0.536. The summed E-state index contributed by atoms with van der Waals surface area (Å²) in [4.78, 5) is 11.9. The maximum absolute atomic E-state index is 11.9. The number of aromatic hydroxyl groups is 1. The number of amides is 1. The quantitative estimate of drug-likeness (QED) is 0.749. The van der Waals surface area contributed by atoms with Crippen LogP contribution >= 0.6 is 0 Å². The summed E-state index contributed by atoms with van der Waals surface area (Å²) in [6.07, 6.45) is 1.50. The zero-order valence-corrected chi connectivity index (χ0v) is 10.8. The molecule has 4 N–H and O–H groups in total. The van der Waals surface area contributed by atoms with Crippen molar-refractivity contribution in [3.63, 3.8) is 0 Å². The number of carbonyl (C=O) groups is 1. The predicted octanol–water partition coefficient (Wildman–Crippen LogP) is 1.18. The van der Waals surface area contributed by atoms with Crippen molar-refractivity contribution < 1.29 is 9.90 Å². The van der Waals surface area contributed by atoms with E-state index in [2.05, 4.69) is 19.2 Å². The minimum Gasteiger partial charge on any atom is -0.508 e. The van der Waals surface area contributed by atoms with E-state index in [0.717, 1.165) is 12.0 Å². The molecule has 1 aliphatic carbocycles. The van der Waals surface area contributed by atoms with Gasteiger partial charge in [0.25, 0.3) is 0 Å². The molecule has 1 aromatic carbocycles. The maximum atomic E-state index is 11.9. The molecule has 18 heavy (non-hydrogen) atoms. The Balaban J connectivity index is 1.86. The highest BCUT2D eigenvalue weighted by Gasteiger charge is 2.46. The molecule has 1 amide bonds. The number of nitrogens with two attached hydrogens (primary N) is 1. The number of phenolic OH excluding ortho intramolecular Hbond substituents is 1. The fourth-order valence-electron chi connectivity index (χ4n) is 1.97. The molecule has 0 radical (unpaired) electrons. The Hall–Kier alpha value is -1.55. The minimum absolute atomic E-state index is 0.0985. The van der Waals surface area contributed by atoms with Crippen LogP contribution in [0.4, 0.5) is 0 Å². The third kappa shape index (κ3) is 3.01. The van der Waals surface area contributed by atoms with Gasteiger partial charge in [-0.15, -0.1) is 0 Å². The SMILES string of the molecule is CC1(C)CC1NC(=O)[C@@H](N)Cc1ccc(O)cc1. The van der Waals surface area contributed by atoms with E-state index in [-0.39, 0.29) is 23.1 Å². The molecule has 1 unspecified atom stereocenters. The summed E-state index contributed by atoms with van der Waals surface area (Å²) in [5.74, 6) is 0.121. The Kier molecular flexibility index (Phi) is 3.30. The van der Waals surface area contributed by atoms with Gasteiger partial charge in [-0.05, 0) is 36.0 Å². The first kappa shape index (κ1) is 12.9. The lowest BCUT2D eigenvalue weighted by molar-refractivity contribution is -0.122. The molecular formula is C14H20N2O2. The van der Waals surface area contributed by atoms with Crippen molar-refractivity contribution in [3.8, 4) is 5.75 Å². The monoisotopic (exact) mass is 248 g/mol. The van der Waals surface area contributed by atoms with Crippen molar-refractivity contribution in [2.75, 3.05) is 0 Å². The number of benzene rings is 1. The van der Waals surface area contributed by atoms with Gasteiger partial charge in [0.1, 0.15) is 5.75 Å². The van der Waals surface area contributed by atoms with Gasteiger partial charge in [0.2, 0.25) is 5.91 Å². The molecule has 0 heterocycles. The summed E-state index contributed by atoms with van der Waals surface area (Å²) in [7, 11) is 0. The first-order valence-corrected chi connectivity index (χ1v) is 6.22. The van der Waals surface area contributed by atoms with Gasteiger partial charge in [-0.2, -0.15) is 0 Å². The van der Waals surface area contributed by atoms with E-state index in [0.29, 0.717) is 6.42 Å². The second-order valence-electron chi connectivity index (χ2n) is 5.73. The molecule has 2 rings (SSSR count). The average molecular weight is 248 g/mol. The number of hydrogen-bond acceptors (Lipinski definition) is 3. The van der Waals surface area contributed by atoms with Gasteiger partial charge in [-0.25, -0.2) is 0 Å². The molecule has 4 heteroatoms. The zero-order chi connectivity index (χ0) is 13.3. The number of carbonyl (C=O) groups excluding carboxylic acids is 1. The molecule has 1 fully saturated rings. The molecular weight excluding hydrogens is 228 g/mol. The van der Waals surface area contributed by atoms with Gasteiger partial charge in [0, 0.05) is 6.04 Å². The Morgan fingerprint density at radius 2 is 2.06 bits per heavy atom. The van der Waals surface area contributed by atoms with E-state index in [9.17, 15) is 9.90 Å². The largest absolute Gasteiger partial charge is 0.508 e. The van der Waals surface area contributed by atoms with Crippen LogP contribution in [-0.4, -0.2) is 23.1 Å². The first-order chi connectivity index (χ1) is 8.38. The van der Waals surface area contributed by atoms with E-state index in [4.69, 9.17) is 5.73 Å². The lowest BCUT2D eigenvalue weighted by Gasteiger charge is -2.13. The van der Waals surface area contributed by atoms with Crippen molar-refractivity contribution in [1.82, 2.24) is 5.32 Å². The van der Waals surface area contributed by atoms with Crippen molar-refractivity contribution in [1.29, 1.82) is 0 Å². The number of rotatable bonds is 4. The summed E-state index contributed by atoms with van der Waals surface area (Å²) in [6, 6.07) is 6.49. The normalized spacial score (nSPS) is 22.3. The molecule has 1 aromatic rings. The fourth-order valence-corrected chi connectivity index (χ4v) is 1.97. The molecule has 0 bridgehead atoms. The van der Waals surface area contributed by atoms with E-state index in [1.807, 2.05) is 0 Å². The third-order valence-electron chi connectivity index (χ3n) is 3.56. The van der Waals surface area contributed by atoms with Gasteiger partial charge >= 0.3 is 0 Å². The highest BCUT2D eigenvalue weighted by molar-refractivity contribution is 5.82. The summed E-state index contributed by atoms with van der Waals surface area (Å²) < 4.78 is 0. The van der Waals surface area contributed by atoms with Crippen LogP contribution in [0.15, 0.2) is 24.3 Å². The summed E-state index contributed by atoms with van der Waals surface area (Å²) in [5.41, 5.74) is 7.04. The molecule has 0 saturated heterocycles. The van der Waals surface area contributed by atoms with Gasteiger partial charge in [-0.3, -0.25) is 4.79 Å². The van der Waals surface area contributed by atoms with Gasteiger partial charge in [0.15, 0.2) is 0 Å². The van der Waals surface area contributed by atoms with Crippen molar-refractivity contribution >= 4 is 5.91 Å². The molecule has 2 atom stereocenters. The van der Waals surface area contributed by atoms with E-state index < -0.39 is 6.04 Å². The van der Waals surface area contributed by atoms with Gasteiger partial charge < -0.3 is 16.2 Å². The topological polar surface area (TPSA) is 75.4 Å². The summed E-state index contributed by atoms with van der Waals surface area (Å²) in [5, 5.41) is 12.1. The van der Waals surface area contributed by atoms with Crippen LogP contribution in [0.2, 0.25) is 0 Å². The van der Waals surface area contributed by atoms with Crippen molar-refractivity contribution in [3.05, 3.63) is 29.8 Å². The Morgan fingerprint density at radius 1 is 1.50 bits per heavy atom. The van der Waals surface area contributed by atoms with Crippen LogP contribution < -0.4 is 11.1 Å². The predicted molar refractivity (Wildman–Crippen MR) is 70.1 cm³/mol. The van der Waals surface area contributed by atoms with Crippen molar-refractivity contribution in [2.45, 2.75) is 38.8 Å². The molecule has 98 valence electrons. The Morgan fingerprint density at radius 3 is 2.56 bits per heavy atom. The van der Waals surface area contributed by atoms with Crippen LogP contribution in [0.3, 0.4) is 0 Å². The Bertz CT molecular complexity index is 440. The molecule has 0 aliphatic heterocycles. The lowest BCUT2D eigenvalue weighted by atomic mass is 10.1. The zero-order valence-electron chi connectivity index (χ0n) is 10.8. The number of hydrogen-bond donors (Lipinski definition) is 3. The van der Waals surface area contributed by atoms with Gasteiger partial charge in [0.05, 0.1) is 6.04 Å². The fraction of sp³-hybridized carbons (Fsp3) is 0.500. The van der Waals surface area contributed by atoms with Crippen molar-refractivity contribution in [2.24, 2.45) is 11.1 Å². The summed E-state index contributed by atoms with van der Waals surface area (Å²) in [6.45, 7) is 4.26. The van der Waals surface area contributed by atoms with Crippen LogP contribution in [0.1, 0.15) is 25.8 Å². The molecule has 4 nitrogen and oxygen atoms in total. The smallest absolute Gasteiger partial charge is 0.237 e. The second-order valence-corrected chi connectivity index (χ2v) is 5.73. The summed E-state index contributed by atoms with van der Waals surface area (Å²) >= 11 is 0. The second kappa shape index (κ2) is 4.61. The first-order valence-electron chi connectivity index (χ1n) is 6.22. The number of phenols is 1. The van der Waals surface area contributed by atoms with E-state index in [1.165, 1.54) is 0 Å². The van der Waals surface area contributed by atoms with Crippen LogP contribution in [0, 0.1) is 5.41 Å². The molecule has 0 aromatic heterocycles.